The first-order valence-corrected chi connectivity index (χ1v) is 3.59. The van der Waals surface area contributed by atoms with E-state index in [9.17, 15) is 0 Å². The monoisotopic (exact) mass is 147 g/mol. The van der Waals surface area contributed by atoms with Crippen molar-refractivity contribution in [2.75, 3.05) is 6.73 Å². The summed E-state index contributed by atoms with van der Waals surface area (Å²) in [6.07, 6.45) is 11.9. The van der Waals surface area contributed by atoms with Gasteiger partial charge in [0.05, 0.1) is 5.70 Å². The SMILES string of the molecule is C1=C/C=C2\NCO\C2=C\C=C1. The van der Waals surface area contributed by atoms with Gasteiger partial charge in [0, 0.05) is 0 Å². The van der Waals surface area contributed by atoms with E-state index in [1.165, 1.54) is 0 Å². The van der Waals surface area contributed by atoms with Gasteiger partial charge >= 0.3 is 0 Å². The first-order chi connectivity index (χ1) is 5.47. The highest BCUT2D eigenvalue weighted by Crippen LogP contribution is 2.15. The van der Waals surface area contributed by atoms with Crippen LogP contribution in [-0.2, 0) is 4.74 Å². The average molecular weight is 147 g/mol. The molecule has 11 heavy (non-hydrogen) atoms. The van der Waals surface area contributed by atoms with Gasteiger partial charge in [0.2, 0.25) is 0 Å². The van der Waals surface area contributed by atoms with Gasteiger partial charge in [-0.2, -0.15) is 0 Å². The minimum atomic E-state index is 0.583. The van der Waals surface area contributed by atoms with Crippen molar-refractivity contribution in [3.05, 3.63) is 47.9 Å². The molecule has 0 aromatic carbocycles. The predicted molar refractivity (Wildman–Crippen MR) is 43.5 cm³/mol. The number of rotatable bonds is 0. The van der Waals surface area contributed by atoms with Crippen molar-refractivity contribution in [3.8, 4) is 0 Å². The summed E-state index contributed by atoms with van der Waals surface area (Å²) in [6, 6.07) is 0. The van der Waals surface area contributed by atoms with E-state index in [-0.39, 0.29) is 0 Å². The van der Waals surface area contributed by atoms with Gasteiger partial charge in [0.15, 0.2) is 6.73 Å². The van der Waals surface area contributed by atoms with E-state index in [4.69, 9.17) is 4.74 Å². The number of hydrogen-bond donors (Lipinski definition) is 1. The van der Waals surface area contributed by atoms with Gasteiger partial charge in [0.1, 0.15) is 5.76 Å². The first kappa shape index (κ1) is 6.28. The molecule has 0 aromatic rings. The van der Waals surface area contributed by atoms with Crippen LogP contribution in [0.25, 0.3) is 0 Å². The summed E-state index contributed by atoms with van der Waals surface area (Å²) in [6.45, 7) is 0.583. The Labute approximate surface area is 65.6 Å². The van der Waals surface area contributed by atoms with Crippen LogP contribution in [0.4, 0.5) is 0 Å². The molecule has 0 spiro atoms. The summed E-state index contributed by atoms with van der Waals surface area (Å²) in [7, 11) is 0. The second-order valence-electron chi connectivity index (χ2n) is 2.35. The number of ether oxygens (including phenoxy) is 1. The normalized spacial score (nSPS) is 29.8. The molecule has 0 saturated carbocycles. The predicted octanol–water partition coefficient (Wildman–Crippen LogP) is 1.46. The molecule has 0 radical (unpaired) electrons. The molecule has 1 heterocycles. The largest absolute Gasteiger partial charge is 0.471 e. The van der Waals surface area contributed by atoms with Crippen molar-refractivity contribution in [2.24, 2.45) is 0 Å². The van der Waals surface area contributed by atoms with Crippen LogP contribution in [0.3, 0.4) is 0 Å². The molecular weight excluding hydrogens is 138 g/mol. The van der Waals surface area contributed by atoms with Gasteiger partial charge in [-0.05, 0) is 12.2 Å². The minimum absolute atomic E-state index is 0.583. The third-order valence-electron chi connectivity index (χ3n) is 1.60. The summed E-state index contributed by atoms with van der Waals surface area (Å²) in [4.78, 5) is 0. The van der Waals surface area contributed by atoms with Gasteiger partial charge < -0.3 is 10.1 Å². The maximum Gasteiger partial charge on any atom is 0.159 e. The zero-order valence-electron chi connectivity index (χ0n) is 6.08. The molecule has 2 heteroatoms. The molecule has 0 bridgehead atoms. The summed E-state index contributed by atoms with van der Waals surface area (Å²) >= 11 is 0. The standard InChI is InChI=1S/C9H9NO/c1-2-4-6-9-8(5-3-1)10-7-11-9/h1-6,10H,7H2/b2-1?,3-1?,4-2?,5-3?,6-4?,8-5-,9-6+. The Bertz CT molecular complexity index is 243. The zero-order valence-corrected chi connectivity index (χ0v) is 6.08. The Kier molecular flexibility index (Phi) is 1.52. The number of allylic oxidation sites excluding steroid dienone is 6. The van der Waals surface area contributed by atoms with Crippen LogP contribution >= 0.6 is 0 Å². The van der Waals surface area contributed by atoms with Crippen LogP contribution in [0, 0.1) is 0 Å². The fourth-order valence-corrected chi connectivity index (χ4v) is 1.06. The highest BCUT2D eigenvalue weighted by Gasteiger charge is 2.11. The molecule has 1 aliphatic heterocycles. The fourth-order valence-electron chi connectivity index (χ4n) is 1.06. The second kappa shape index (κ2) is 2.66. The molecule has 1 N–H and O–H groups in total. The molecule has 1 saturated heterocycles. The fraction of sp³-hybridized carbons (Fsp3) is 0.111. The lowest BCUT2D eigenvalue weighted by atomic mass is 10.2. The molecule has 2 nitrogen and oxygen atoms in total. The van der Waals surface area contributed by atoms with Crippen LogP contribution in [-0.4, -0.2) is 6.73 Å². The second-order valence-corrected chi connectivity index (χ2v) is 2.35. The zero-order chi connectivity index (χ0) is 7.52. The number of fused-ring (bicyclic) bond motifs is 1. The molecule has 1 aliphatic carbocycles. The van der Waals surface area contributed by atoms with Crippen LogP contribution in [0.5, 0.6) is 0 Å². The summed E-state index contributed by atoms with van der Waals surface area (Å²) in [5.41, 5.74) is 1.06. The van der Waals surface area contributed by atoms with Crippen LogP contribution in [0.2, 0.25) is 0 Å². The molecule has 56 valence electrons. The lowest BCUT2D eigenvalue weighted by Gasteiger charge is -1.96. The quantitative estimate of drug-likeness (QED) is 0.560. The van der Waals surface area contributed by atoms with Crippen LogP contribution in [0.15, 0.2) is 47.9 Å². The van der Waals surface area contributed by atoms with Crippen LogP contribution < -0.4 is 5.32 Å². The summed E-state index contributed by atoms with van der Waals surface area (Å²) in [5, 5.41) is 3.11. The average Bonchev–Trinajstić information content (AvgIpc) is 2.35. The lowest BCUT2D eigenvalue weighted by molar-refractivity contribution is 0.254. The van der Waals surface area contributed by atoms with Gasteiger partial charge in [0.25, 0.3) is 0 Å². The van der Waals surface area contributed by atoms with Gasteiger partial charge in [-0.25, -0.2) is 0 Å². The maximum absolute atomic E-state index is 5.29. The summed E-state index contributed by atoms with van der Waals surface area (Å²) in [5.74, 6) is 0.922. The van der Waals surface area contributed by atoms with Crippen molar-refractivity contribution < 1.29 is 4.74 Å². The lowest BCUT2D eigenvalue weighted by Crippen LogP contribution is -2.03. The number of nitrogens with one attached hydrogen (secondary N) is 1. The van der Waals surface area contributed by atoms with E-state index in [1.54, 1.807) is 0 Å². The molecule has 0 amide bonds. The maximum atomic E-state index is 5.29. The Morgan fingerprint density at radius 3 is 2.82 bits per heavy atom. The first-order valence-electron chi connectivity index (χ1n) is 3.59. The van der Waals surface area contributed by atoms with Gasteiger partial charge in [-0.3, -0.25) is 0 Å². The Morgan fingerprint density at radius 1 is 1.09 bits per heavy atom. The molecular formula is C9H9NO. The topological polar surface area (TPSA) is 21.3 Å². The Hall–Kier alpha value is -1.44. The van der Waals surface area contributed by atoms with Crippen molar-refractivity contribution in [1.82, 2.24) is 5.32 Å². The van der Waals surface area contributed by atoms with E-state index in [1.807, 2.05) is 36.5 Å². The van der Waals surface area contributed by atoms with Crippen molar-refractivity contribution in [3.63, 3.8) is 0 Å². The molecule has 0 atom stereocenters. The highest BCUT2D eigenvalue weighted by atomic mass is 16.5. The van der Waals surface area contributed by atoms with E-state index in [0.29, 0.717) is 6.73 Å². The Morgan fingerprint density at radius 2 is 1.91 bits per heavy atom. The third-order valence-corrected chi connectivity index (χ3v) is 1.60. The van der Waals surface area contributed by atoms with Gasteiger partial charge in [-0.15, -0.1) is 0 Å². The molecule has 2 aliphatic rings. The molecule has 0 aromatic heterocycles. The van der Waals surface area contributed by atoms with Crippen molar-refractivity contribution in [2.45, 2.75) is 0 Å². The molecule has 2 rings (SSSR count). The van der Waals surface area contributed by atoms with Crippen molar-refractivity contribution in [1.29, 1.82) is 0 Å². The minimum Gasteiger partial charge on any atom is -0.471 e. The van der Waals surface area contributed by atoms with Crippen molar-refractivity contribution >= 4 is 0 Å². The number of hydrogen-bond acceptors (Lipinski definition) is 2. The van der Waals surface area contributed by atoms with Crippen LogP contribution in [0.1, 0.15) is 0 Å². The molecule has 1 fully saturated rings. The van der Waals surface area contributed by atoms with Gasteiger partial charge in [-0.1, -0.05) is 24.3 Å². The van der Waals surface area contributed by atoms with E-state index >= 15 is 0 Å². The summed E-state index contributed by atoms with van der Waals surface area (Å²) < 4.78 is 5.29. The Balaban J connectivity index is 2.35. The third kappa shape index (κ3) is 1.19. The molecule has 0 unspecified atom stereocenters. The highest BCUT2D eigenvalue weighted by molar-refractivity contribution is 5.36. The van der Waals surface area contributed by atoms with E-state index in [2.05, 4.69) is 5.32 Å². The smallest absolute Gasteiger partial charge is 0.159 e. The van der Waals surface area contributed by atoms with E-state index < -0.39 is 0 Å². The van der Waals surface area contributed by atoms with E-state index in [0.717, 1.165) is 11.5 Å².